The number of rotatable bonds is 10. The summed E-state index contributed by atoms with van der Waals surface area (Å²) in [6, 6.07) is 12.0. The third-order valence-electron chi connectivity index (χ3n) is 6.60. The Labute approximate surface area is 240 Å². The summed E-state index contributed by atoms with van der Waals surface area (Å²) in [6.07, 6.45) is 0.842. The lowest BCUT2D eigenvalue weighted by Gasteiger charge is -2.34. The molecule has 1 aromatic carbocycles. The number of methoxy groups -OCH3 is 1. The van der Waals surface area contributed by atoms with Crippen LogP contribution in [0.5, 0.6) is 11.6 Å². The van der Waals surface area contributed by atoms with E-state index in [9.17, 15) is 17.6 Å². The van der Waals surface area contributed by atoms with E-state index in [-0.39, 0.29) is 28.7 Å². The van der Waals surface area contributed by atoms with Crippen LogP contribution >= 0.6 is 0 Å². The summed E-state index contributed by atoms with van der Waals surface area (Å²) in [7, 11) is -2.95. The minimum atomic E-state index is -4.35. The van der Waals surface area contributed by atoms with Crippen molar-refractivity contribution in [3.8, 4) is 22.9 Å². The second kappa shape index (κ2) is 11.9. The van der Waals surface area contributed by atoms with Gasteiger partial charge in [-0.3, -0.25) is 9.52 Å². The van der Waals surface area contributed by atoms with Crippen molar-refractivity contribution in [3.63, 3.8) is 0 Å². The number of halogens is 1. The molecule has 2 N–H and O–H groups in total. The fourth-order valence-electron chi connectivity index (χ4n) is 4.93. The van der Waals surface area contributed by atoms with Crippen LogP contribution in [-0.4, -0.2) is 50.1 Å². The van der Waals surface area contributed by atoms with Gasteiger partial charge in [-0.05, 0) is 62.4 Å². The van der Waals surface area contributed by atoms with E-state index in [1.807, 2.05) is 32.6 Å². The molecule has 3 heterocycles. The van der Waals surface area contributed by atoms with E-state index in [0.29, 0.717) is 41.9 Å². The molecule has 0 saturated carbocycles. The molecular formula is C29H36FN5O5S. The Morgan fingerprint density at radius 2 is 1.93 bits per heavy atom. The fourth-order valence-corrected chi connectivity index (χ4v) is 5.73. The van der Waals surface area contributed by atoms with Crippen molar-refractivity contribution in [2.45, 2.75) is 46.6 Å². The molecule has 1 atom stereocenters. The van der Waals surface area contributed by atoms with Crippen molar-refractivity contribution in [2.75, 3.05) is 29.9 Å². The molecule has 0 unspecified atom stereocenters. The van der Waals surface area contributed by atoms with Crippen LogP contribution in [0.4, 0.5) is 16.0 Å². The molecule has 1 saturated heterocycles. The Morgan fingerprint density at radius 3 is 2.59 bits per heavy atom. The van der Waals surface area contributed by atoms with E-state index in [0.717, 1.165) is 6.42 Å². The maximum Gasteiger partial charge on any atom is 0.325 e. The molecule has 1 amide bonds. The van der Waals surface area contributed by atoms with Crippen LogP contribution in [0.15, 0.2) is 48.5 Å². The van der Waals surface area contributed by atoms with Crippen LogP contribution in [0, 0.1) is 17.7 Å². The molecule has 41 heavy (non-hydrogen) atoms. The zero-order valence-electron chi connectivity index (χ0n) is 24.1. The molecule has 220 valence electrons. The zero-order chi connectivity index (χ0) is 29.9. The molecule has 0 aliphatic carbocycles. The van der Waals surface area contributed by atoms with Crippen molar-refractivity contribution in [1.82, 2.24) is 14.7 Å². The zero-order valence-corrected chi connectivity index (χ0v) is 24.9. The van der Waals surface area contributed by atoms with Crippen molar-refractivity contribution in [3.05, 3.63) is 59.9 Å². The molecule has 2 aromatic heterocycles. The lowest BCUT2D eigenvalue weighted by Crippen LogP contribution is -2.41. The Balaban J connectivity index is 1.70. The predicted octanol–water partition coefficient (Wildman–Crippen LogP) is 5.04. The van der Waals surface area contributed by atoms with E-state index in [1.165, 1.54) is 31.4 Å². The maximum atomic E-state index is 14.6. The van der Waals surface area contributed by atoms with E-state index >= 15 is 0 Å². The normalized spacial score (nSPS) is 16.5. The second-order valence-corrected chi connectivity index (χ2v) is 12.7. The van der Waals surface area contributed by atoms with E-state index in [4.69, 9.17) is 14.5 Å². The summed E-state index contributed by atoms with van der Waals surface area (Å²) in [5.74, 6) is 0.0777. The Hall–Kier alpha value is -3.93. The van der Waals surface area contributed by atoms with Gasteiger partial charge in [-0.1, -0.05) is 26.8 Å². The molecule has 1 fully saturated rings. The highest BCUT2D eigenvalue weighted by Crippen LogP contribution is 2.38. The average Bonchev–Trinajstić information content (AvgIpc) is 3.17. The van der Waals surface area contributed by atoms with E-state index in [2.05, 4.69) is 21.4 Å². The van der Waals surface area contributed by atoms with Gasteiger partial charge in [-0.2, -0.15) is 13.4 Å². The van der Waals surface area contributed by atoms with Gasteiger partial charge < -0.3 is 14.4 Å². The predicted molar refractivity (Wildman–Crippen MR) is 156 cm³/mol. The van der Waals surface area contributed by atoms with Gasteiger partial charge in [-0.15, -0.1) is 0 Å². The number of hydrogen-bond donors (Lipinski definition) is 2. The molecule has 1 aliphatic heterocycles. The van der Waals surface area contributed by atoms with E-state index in [1.54, 1.807) is 24.3 Å². The first kappa shape index (κ1) is 30.0. The molecule has 12 heteroatoms. The van der Waals surface area contributed by atoms with Gasteiger partial charge in [0.2, 0.25) is 5.88 Å². The maximum absolute atomic E-state index is 14.6. The molecule has 0 radical (unpaired) electrons. The lowest BCUT2D eigenvalue weighted by molar-refractivity contribution is 0.0981. The van der Waals surface area contributed by atoms with Crippen molar-refractivity contribution in [1.29, 1.82) is 0 Å². The van der Waals surface area contributed by atoms with Crippen molar-refractivity contribution >= 4 is 27.8 Å². The summed E-state index contributed by atoms with van der Waals surface area (Å²) >= 11 is 0. The van der Waals surface area contributed by atoms with Crippen LogP contribution < -0.4 is 23.8 Å². The summed E-state index contributed by atoms with van der Waals surface area (Å²) in [4.78, 5) is 24.2. The number of nitrogens with zero attached hydrogens (tertiary/aromatic N) is 3. The van der Waals surface area contributed by atoms with Crippen LogP contribution in [0.25, 0.3) is 11.3 Å². The molecule has 10 nitrogen and oxygen atoms in total. The number of hydrogen-bond acceptors (Lipinski definition) is 8. The Morgan fingerprint density at radius 1 is 1.17 bits per heavy atom. The van der Waals surface area contributed by atoms with Gasteiger partial charge in [0.15, 0.2) is 0 Å². The highest BCUT2D eigenvalue weighted by molar-refractivity contribution is 7.91. The van der Waals surface area contributed by atoms with E-state index < -0.39 is 21.9 Å². The van der Waals surface area contributed by atoms with Gasteiger partial charge in [0, 0.05) is 29.8 Å². The van der Waals surface area contributed by atoms with Crippen LogP contribution in [0.2, 0.25) is 0 Å². The summed E-state index contributed by atoms with van der Waals surface area (Å²) < 4.78 is 55.3. The Kier molecular flexibility index (Phi) is 8.71. The third-order valence-corrected chi connectivity index (χ3v) is 7.53. The SMILES string of the molecule is COc1cccc(NS(=O)(=O)NC(=O)c2ccc(-c3cc(F)cc(OCC(C)C)c3)nc2N2C[C@@H](C)CC2(C)C)n1. The topological polar surface area (TPSA) is 123 Å². The van der Waals surface area contributed by atoms with Gasteiger partial charge >= 0.3 is 10.2 Å². The number of nitrogens with one attached hydrogen (secondary N) is 2. The molecule has 0 bridgehead atoms. The average molecular weight is 586 g/mol. The van der Waals surface area contributed by atoms with Gasteiger partial charge in [-0.25, -0.2) is 14.1 Å². The Bertz CT molecular complexity index is 1530. The van der Waals surface area contributed by atoms with Crippen LogP contribution in [0.3, 0.4) is 0 Å². The number of aromatic nitrogens is 2. The number of ether oxygens (including phenoxy) is 2. The first-order valence-electron chi connectivity index (χ1n) is 13.3. The van der Waals surface area contributed by atoms with Crippen LogP contribution in [-0.2, 0) is 10.2 Å². The van der Waals surface area contributed by atoms with Gasteiger partial charge in [0.25, 0.3) is 5.91 Å². The quantitative estimate of drug-likeness (QED) is 0.339. The molecule has 1 aliphatic rings. The van der Waals surface area contributed by atoms with Crippen LogP contribution in [0.1, 0.15) is 51.4 Å². The van der Waals surface area contributed by atoms with Gasteiger partial charge in [0.05, 0.1) is 25.0 Å². The third kappa shape index (κ3) is 7.43. The van der Waals surface area contributed by atoms with Crippen molar-refractivity contribution < 1.29 is 27.1 Å². The minimum Gasteiger partial charge on any atom is -0.493 e. The summed E-state index contributed by atoms with van der Waals surface area (Å²) in [5.41, 5.74) is 0.588. The smallest absolute Gasteiger partial charge is 0.325 e. The minimum absolute atomic E-state index is 0.0190. The summed E-state index contributed by atoms with van der Waals surface area (Å²) in [6.45, 7) is 11.2. The molecule has 4 rings (SSSR count). The highest BCUT2D eigenvalue weighted by Gasteiger charge is 2.39. The number of anilines is 2. The molecular weight excluding hydrogens is 549 g/mol. The first-order chi connectivity index (χ1) is 19.3. The number of pyridine rings is 2. The summed E-state index contributed by atoms with van der Waals surface area (Å²) in [5, 5.41) is 0. The van der Waals surface area contributed by atoms with Gasteiger partial charge in [0.1, 0.15) is 23.2 Å². The second-order valence-electron chi connectivity index (χ2n) is 11.3. The lowest BCUT2D eigenvalue weighted by atomic mass is 9.97. The standard InChI is InChI=1S/C29H36FN5O5S/c1-18(2)17-40-22-13-20(12-21(30)14-22)24-11-10-23(27(31-24)35-16-19(3)15-29(35,4)5)28(36)34-41(37,38)33-25-8-7-9-26(32-25)39-6/h7-14,18-19H,15-17H2,1-6H3,(H,32,33)(H,34,36)/t19-/m0/s1. The van der Waals surface area contributed by atoms with Crippen molar-refractivity contribution in [2.24, 2.45) is 11.8 Å². The fraction of sp³-hybridized carbons (Fsp3) is 0.414. The number of carbonyl (C=O) groups excluding carboxylic acids is 1. The first-order valence-corrected chi connectivity index (χ1v) is 14.8. The number of benzene rings is 1. The number of amides is 1. The number of carbonyl (C=O) groups is 1. The molecule has 0 spiro atoms. The monoisotopic (exact) mass is 585 g/mol. The largest absolute Gasteiger partial charge is 0.493 e. The highest BCUT2D eigenvalue weighted by atomic mass is 32.2. The molecule has 3 aromatic rings.